The fraction of sp³-hybridized carbons (Fsp3) is 0.600. The summed E-state index contributed by atoms with van der Waals surface area (Å²) in [5, 5.41) is 3.97. The predicted molar refractivity (Wildman–Crippen MR) is 81.0 cm³/mol. The zero-order chi connectivity index (χ0) is 13.8. The maximum absolute atomic E-state index is 6.42. The minimum Gasteiger partial charge on any atom is -0.379 e. The Hall–Kier alpha value is -0.770. The lowest BCUT2D eigenvalue weighted by molar-refractivity contribution is 0.0498. The highest BCUT2D eigenvalue weighted by molar-refractivity contribution is 6.33. The number of ether oxygens (including phenoxy) is 1. The lowest BCUT2D eigenvalue weighted by Crippen LogP contribution is -2.44. The van der Waals surface area contributed by atoms with Crippen LogP contribution in [0.5, 0.6) is 0 Å². The van der Waals surface area contributed by atoms with Crippen LogP contribution >= 0.6 is 11.6 Å². The minimum atomic E-state index is 0.293. The first-order valence-electron chi connectivity index (χ1n) is 6.86. The van der Waals surface area contributed by atoms with E-state index in [4.69, 9.17) is 16.3 Å². The lowest BCUT2D eigenvalue weighted by atomic mass is 9.95. The zero-order valence-electron chi connectivity index (χ0n) is 11.9. The summed E-state index contributed by atoms with van der Waals surface area (Å²) >= 11 is 6.42. The van der Waals surface area contributed by atoms with Crippen molar-refractivity contribution < 1.29 is 4.74 Å². The molecule has 0 bridgehead atoms. The number of nitrogens with one attached hydrogen (secondary N) is 1. The Kier molecular flexibility index (Phi) is 5.08. The Balaban J connectivity index is 2.13. The zero-order valence-corrected chi connectivity index (χ0v) is 12.7. The number of methoxy groups -OCH3 is 1. The molecule has 19 heavy (non-hydrogen) atoms. The molecule has 0 amide bonds. The van der Waals surface area contributed by atoms with Crippen LogP contribution in [0.2, 0.25) is 5.02 Å². The van der Waals surface area contributed by atoms with E-state index >= 15 is 0 Å². The smallest absolute Gasteiger partial charge is 0.0772 e. The van der Waals surface area contributed by atoms with Gasteiger partial charge in [0.2, 0.25) is 0 Å². The first kappa shape index (κ1) is 14.6. The molecule has 0 aromatic heterocycles. The summed E-state index contributed by atoms with van der Waals surface area (Å²) in [5.41, 5.74) is 2.33. The summed E-state index contributed by atoms with van der Waals surface area (Å²) in [6, 6.07) is 6.31. The van der Waals surface area contributed by atoms with Gasteiger partial charge in [-0.2, -0.15) is 0 Å². The molecule has 0 saturated carbocycles. The molecule has 1 aromatic rings. The Morgan fingerprint density at radius 1 is 1.47 bits per heavy atom. The first-order chi connectivity index (χ1) is 9.15. The van der Waals surface area contributed by atoms with E-state index in [2.05, 4.69) is 29.3 Å². The normalized spacial score (nSPS) is 23.7. The van der Waals surface area contributed by atoms with Crippen LogP contribution < -0.4 is 10.2 Å². The van der Waals surface area contributed by atoms with Crippen LogP contribution in [-0.4, -0.2) is 33.4 Å². The number of halogens is 1. The second kappa shape index (κ2) is 6.60. The van der Waals surface area contributed by atoms with E-state index in [1.165, 1.54) is 5.56 Å². The molecule has 1 N–H and O–H groups in total. The van der Waals surface area contributed by atoms with Crippen molar-refractivity contribution in [2.75, 3.05) is 32.1 Å². The molecule has 1 heterocycles. The fourth-order valence-electron chi connectivity index (χ4n) is 2.68. The Morgan fingerprint density at radius 2 is 2.26 bits per heavy atom. The highest BCUT2D eigenvalue weighted by Gasteiger charge is 2.27. The third-order valence-electron chi connectivity index (χ3n) is 3.93. The van der Waals surface area contributed by atoms with E-state index in [-0.39, 0.29) is 0 Å². The highest BCUT2D eigenvalue weighted by Crippen LogP contribution is 2.31. The van der Waals surface area contributed by atoms with Gasteiger partial charge in [-0.15, -0.1) is 0 Å². The maximum atomic E-state index is 6.42. The number of piperidine rings is 1. The van der Waals surface area contributed by atoms with Crippen molar-refractivity contribution >= 4 is 17.3 Å². The van der Waals surface area contributed by atoms with E-state index in [1.807, 2.05) is 13.1 Å². The van der Waals surface area contributed by atoms with Crippen molar-refractivity contribution in [2.24, 2.45) is 5.92 Å². The third kappa shape index (κ3) is 3.41. The Morgan fingerprint density at radius 3 is 2.89 bits per heavy atom. The second-order valence-corrected chi connectivity index (χ2v) is 5.71. The first-order valence-corrected chi connectivity index (χ1v) is 7.24. The molecular formula is C15H23ClN2O. The molecular weight excluding hydrogens is 260 g/mol. The van der Waals surface area contributed by atoms with Crippen LogP contribution in [0.4, 0.5) is 5.69 Å². The molecule has 106 valence electrons. The van der Waals surface area contributed by atoms with Crippen LogP contribution in [0.1, 0.15) is 18.9 Å². The lowest BCUT2D eigenvalue weighted by Gasteiger charge is -2.38. The van der Waals surface area contributed by atoms with Crippen molar-refractivity contribution in [3.63, 3.8) is 0 Å². The quantitative estimate of drug-likeness (QED) is 0.919. The SMILES string of the molecule is CNCc1ccc(N2CCC(C)C(OC)C2)c(Cl)c1. The summed E-state index contributed by atoms with van der Waals surface area (Å²) in [6.07, 6.45) is 1.44. The molecule has 2 rings (SSSR count). The van der Waals surface area contributed by atoms with Crippen LogP contribution in [0, 0.1) is 5.92 Å². The standard InChI is InChI=1S/C15H23ClN2O/c1-11-6-7-18(10-15(11)19-3)14-5-4-12(9-17-2)8-13(14)16/h4-5,8,11,15,17H,6-7,9-10H2,1-3H3. The molecule has 1 aliphatic heterocycles. The van der Waals surface area contributed by atoms with E-state index in [9.17, 15) is 0 Å². The van der Waals surface area contributed by atoms with Crippen LogP contribution in [0.3, 0.4) is 0 Å². The average Bonchev–Trinajstić information content (AvgIpc) is 2.40. The van der Waals surface area contributed by atoms with Crippen molar-refractivity contribution in [3.05, 3.63) is 28.8 Å². The van der Waals surface area contributed by atoms with E-state index in [1.54, 1.807) is 7.11 Å². The molecule has 3 nitrogen and oxygen atoms in total. The number of hydrogen-bond acceptors (Lipinski definition) is 3. The monoisotopic (exact) mass is 282 g/mol. The number of hydrogen-bond donors (Lipinski definition) is 1. The average molecular weight is 283 g/mol. The summed E-state index contributed by atoms with van der Waals surface area (Å²) < 4.78 is 5.56. The molecule has 2 unspecified atom stereocenters. The van der Waals surface area contributed by atoms with Gasteiger partial charge in [0.25, 0.3) is 0 Å². The molecule has 4 heteroatoms. The summed E-state index contributed by atoms with van der Waals surface area (Å²) in [5.74, 6) is 0.614. The molecule has 1 aromatic carbocycles. The van der Waals surface area contributed by atoms with Crippen molar-refractivity contribution in [3.8, 4) is 0 Å². The second-order valence-electron chi connectivity index (χ2n) is 5.30. The van der Waals surface area contributed by atoms with Crippen LogP contribution in [0.15, 0.2) is 18.2 Å². The van der Waals surface area contributed by atoms with Gasteiger partial charge in [0.05, 0.1) is 16.8 Å². The van der Waals surface area contributed by atoms with E-state index in [0.29, 0.717) is 12.0 Å². The third-order valence-corrected chi connectivity index (χ3v) is 4.23. The van der Waals surface area contributed by atoms with Gasteiger partial charge in [-0.3, -0.25) is 0 Å². The number of nitrogens with zero attached hydrogens (tertiary/aromatic N) is 1. The van der Waals surface area contributed by atoms with Gasteiger partial charge in [-0.1, -0.05) is 24.6 Å². The predicted octanol–water partition coefficient (Wildman–Crippen LogP) is 2.92. The van der Waals surface area contributed by atoms with Gasteiger partial charge < -0.3 is 15.0 Å². The van der Waals surface area contributed by atoms with Gasteiger partial charge in [-0.05, 0) is 37.1 Å². The Labute approximate surface area is 120 Å². The van der Waals surface area contributed by atoms with Gasteiger partial charge >= 0.3 is 0 Å². The molecule has 0 spiro atoms. The van der Waals surface area contributed by atoms with Gasteiger partial charge in [0.1, 0.15) is 0 Å². The van der Waals surface area contributed by atoms with Gasteiger partial charge in [-0.25, -0.2) is 0 Å². The maximum Gasteiger partial charge on any atom is 0.0772 e. The fourth-order valence-corrected chi connectivity index (χ4v) is 3.00. The summed E-state index contributed by atoms with van der Waals surface area (Å²) in [6.45, 7) is 5.07. The van der Waals surface area contributed by atoms with Crippen molar-refractivity contribution in [2.45, 2.75) is 26.0 Å². The molecule has 1 fully saturated rings. The van der Waals surface area contributed by atoms with Crippen LogP contribution in [-0.2, 0) is 11.3 Å². The van der Waals surface area contributed by atoms with Gasteiger partial charge in [0.15, 0.2) is 0 Å². The number of rotatable bonds is 4. The molecule has 0 aliphatic carbocycles. The van der Waals surface area contributed by atoms with E-state index < -0.39 is 0 Å². The number of benzene rings is 1. The molecule has 2 atom stereocenters. The summed E-state index contributed by atoms with van der Waals surface area (Å²) in [4.78, 5) is 2.33. The molecule has 1 aliphatic rings. The largest absolute Gasteiger partial charge is 0.379 e. The highest BCUT2D eigenvalue weighted by atomic mass is 35.5. The number of anilines is 1. The Bertz CT molecular complexity index is 425. The van der Waals surface area contributed by atoms with Crippen LogP contribution in [0.25, 0.3) is 0 Å². The van der Waals surface area contributed by atoms with Crippen molar-refractivity contribution in [1.29, 1.82) is 0 Å². The topological polar surface area (TPSA) is 24.5 Å². The summed E-state index contributed by atoms with van der Waals surface area (Å²) in [7, 11) is 3.74. The van der Waals surface area contributed by atoms with Gasteiger partial charge in [0, 0.05) is 26.7 Å². The molecule has 0 radical (unpaired) electrons. The van der Waals surface area contributed by atoms with Crippen molar-refractivity contribution in [1.82, 2.24) is 5.32 Å². The minimum absolute atomic E-state index is 0.293. The van der Waals surface area contributed by atoms with E-state index in [0.717, 1.165) is 36.8 Å². The molecule has 1 saturated heterocycles.